The van der Waals surface area contributed by atoms with E-state index in [0.29, 0.717) is 23.0 Å². The number of rotatable bonds is 7. The Morgan fingerprint density at radius 3 is 2.66 bits per heavy atom. The van der Waals surface area contributed by atoms with Gasteiger partial charge in [0.2, 0.25) is 11.8 Å². The fraction of sp³-hybridized carbons (Fsp3) is 0.375. The number of fused-ring (bicyclic) bond motifs is 1. The van der Waals surface area contributed by atoms with Crippen LogP contribution in [-0.4, -0.2) is 42.5 Å². The number of aromatic amines is 1. The van der Waals surface area contributed by atoms with Gasteiger partial charge in [0.15, 0.2) is 0 Å². The monoisotopic (exact) mass is 436 g/mol. The predicted molar refractivity (Wildman–Crippen MR) is 122 cm³/mol. The van der Waals surface area contributed by atoms with Crippen molar-refractivity contribution >= 4 is 28.5 Å². The highest BCUT2D eigenvalue weighted by atomic mass is 16.5. The first-order chi connectivity index (χ1) is 15.4. The van der Waals surface area contributed by atoms with Crippen molar-refractivity contribution in [2.75, 3.05) is 25.7 Å². The van der Waals surface area contributed by atoms with Crippen LogP contribution in [0.3, 0.4) is 0 Å². The van der Waals surface area contributed by atoms with Crippen molar-refractivity contribution in [3.8, 4) is 11.5 Å². The molecule has 2 aromatic carbocycles. The van der Waals surface area contributed by atoms with E-state index in [1.54, 1.807) is 37.3 Å². The summed E-state index contributed by atoms with van der Waals surface area (Å²) in [5.74, 6) is 1.27. The standard InChI is InChI=1S/C24H28N4O4/c1-14(2)22(23-25-17-7-5-6-8-18(17)26-23)27-24(30)15-11-21(29)28(13-15)19-10-9-16(31-3)12-20(19)32-4/h5-10,12,14-15,22H,11,13H2,1-4H3,(H,25,26)(H,27,30)/t15-,22+/m0/s1. The SMILES string of the molecule is COc1ccc(N2C[C@@H](C(=O)N[C@@H](c3nc4ccccc4[nH]3)C(C)C)CC2=O)c(OC)c1. The Hall–Kier alpha value is -3.55. The highest BCUT2D eigenvalue weighted by Crippen LogP contribution is 2.36. The summed E-state index contributed by atoms with van der Waals surface area (Å²) < 4.78 is 10.7. The summed E-state index contributed by atoms with van der Waals surface area (Å²) in [6, 6.07) is 12.8. The summed E-state index contributed by atoms with van der Waals surface area (Å²) in [5.41, 5.74) is 2.42. The summed E-state index contributed by atoms with van der Waals surface area (Å²) in [4.78, 5) is 35.5. The molecule has 0 unspecified atom stereocenters. The molecule has 1 aromatic heterocycles. The van der Waals surface area contributed by atoms with Crippen LogP contribution in [-0.2, 0) is 9.59 Å². The van der Waals surface area contributed by atoms with Crippen LogP contribution in [0, 0.1) is 11.8 Å². The molecule has 0 radical (unpaired) electrons. The van der Waals surface area contributed by atoms with Gasteiger partial charge >= 0.3 is 0 Å². The third-order valence-corrected chi connectivity index (χ3v) is 5.84. The lowest BCUT2D eigenvalue weighted by atomic mass is 10.0. The van der Waals surface area contributed by atoms with E-state index in [9.17, 15) is 9.59 Å². The van der Waals surface area contributed by atoms with Gasteiger partial charge in [0, 0.05) is 19.0 Å². The Morgan fingerprint density at radius 2 is 1.97 bits per heavy atom. The van der Waals surface area contributed by atoms with Crippen LogP contribution in [0.4, 0.5) is 5.69 Å². The van der Waals surface area contributed by atoms with Gasteiger partial charge in [0.05, 0.1) is 42.9 Å². The first kappa shape index (κ1) is 21.7. The lowest BCUT2D eigenvalue weighted by Crippen LogP contribution is -2.38. The molecular formula is C24H28N4O4. The number of para-hydroxylation sites is 2. The number of nitrogens with zero attached hydrogens (tertiary/aromatic N) is 2. The van der Waals surface area contributed by atoms with Gasteiger partial charge in [-0.1, -0.05) is 26.0 Å². The Kier molecular flexibility index (Phi) is 6.03. The van der Waals surface area contributed by atoms with Crippen LogP contribution in [0.1, 0.15) is 32.1 Å². The number of methoxy groups -OCH3 is 2. The van der Waals surface area contributed by atoms with Crippen LogP contribution in [0.15, 0.2) is 42.5 Å². The number of carbonyl (C=O) groups excluding carboxylic acids is 2. The topological polar surface area (TPSA) is 96.5 Å². The second-order valence-electron chi connectivity index (χ2n) is 8.31. The van der Waals surface area contributed by atoms with Crippen molar-refractivity contribution in [3.05, 3.63) is 48.3 Å². The molecule has 8 nitrogen and oxygen atoms in total. The molecule has 32 heavy (non-hydrogen) atoms. The maximum atomic E-state index is 13.1. The Labute approximate surface area is 186 Å². The number of anilines is 1. The maximum absolute atomic E-state index is 13.1. The number of hydrogen-bond acceptors (Lipinski definition) is 5. The van der Waals surface area contributed by atoms with Gasteiger partial charge in [-0.2, -0.15) is 0 Å². The van der Waals surface area contributed by atoms with Gasteiger partial charge in [0.25, 0.3) is 0 Å². The van der Waals surface area contributed by atoms with Gasteiger partial charge < -0.3 is 24.7 Å². The first-order valence-corrected chi connectivity index (χ1v) is 10.7. The zero-order valence-corrected chi connectivity index (χ0v) is 18.7. The summed E-state index contributed by atoms with van der Waals surface area (Å²) in [6.07, 6.45) is 0.145. The number of benzene rings is 2. The molecular weight excluding hydrogens is 408 g/mol. The fourth-order valence-electron chi connectivity index (χ4n) is 4.07. The second kappa shape index (κ2) is 8.90. The van der Waals surface area contributed by atoms with Crippen molar-refractivity contribution in [2.24, 2.45) is 11.8 Å². The first-order valence-electron chi connectivity index (χ1n) is 10.7. The molecule has 0 aliphatic carbocycles. The van der Waals surface area contributed by atoms with E-state index in [0.717, 1.165) is 11.0 Å². The van der Waals surface area contributed by atoms with Crippen molar-refractivity contribution in [1.29, 1.82) is 0 Å². The molecule has 2 N–H and O–H groups in total. The van der Waals surface area contributed by atoms with Gasteiger partial charge in [-0.15, -0.1) is 0 Å². The predicted octanol–water partition coefficient (Wildman–Crippen LogP) is 3.45. The van der Waals surface area contributed by atoms with Crippen molar-refractivity contribution in [3.63, 3.8) is 0 Å². The normalized spacial score (nSPS) is 17.1. The molecule has 8 heteroatoms. The van der Waals surface area contributed by atoms with Crippen molar-refractivity contribution in [1.82, 2.24) is 15.3 Å². The summed E-state index contributed by atoms with van der Waals surface area (Å²) >= 11 is 0. The zero-order valence-electron chi connectivity index (χ0n) is 18.7. The van der Waals surface area contributed by atoms with Gasteiger partial charge in [-0.3, -0.25) is 9.59 Å². The molecule has 1 saturated heterocycles. The summed E-state index contributed by atoms with van der Waals surface area (Å²) in [6.45, 7) is 4.36. The molecule has 1 fully saturated rings. The van der Waals surface area contributed by atoms with E-state index < -0.39 is 5.92 Å². The molecule has 4 rings (SSSR count). The van der Waals surface area contributed by atoms with E-state index in [1.165, 1.54) is 0 Å². The summed E-state index contributed by atoms with van der Waals surface area (Å²) in [5, 5.41) is 3.11. The van der Waals surface area contributed by atoms with Crippen LogP contribution < -0.4 is 19.7 Å². The molecule has 2 atom stereocenters. The number of ether oxygens (including phenoxy) is 2. The highest BCUT2D eigenvalue weighted by molar-refractivity contribution is 6.01. The number of carbonyl (C=O) groups is 2. The number of H-pyrrole nitrogens is 1. The molecule has 2 amide bonds. The van der Waals surface area contributed by atoms with Crippen molar-refractivity contribution < 1.29 is 19.1 Å². The third kappa shape index (κ3) is 4.12. The molecule has 3 aromatic rings. The average molecular weight is 437 g/mol. The van der Waals surface area contributed by atoms with Gasteiger partial charge in [-0.25, -0.2) is 4.98 Å². The minimum Gasteiger partial charge on any atom is -0.497 e. The number of amides is 2. The second-order valence-corrected chi connectivity index (χ2v) is 8.31. The molecule has 0 bridgehead atoms. The fourth-order valence-corrected chi connectivity index (χ4v) is 4.07. The molecule has 2 heterocycles. The minimum absolute atomic E-state index is 0.113. The van der Waals surface area contributed by atoms with E-state index in [2.05, 4.69) is 15.3 Å². The van der Waals surface area contributed by atoms with Gasteiger partial charge in [0.1, 0.15) is 17.3 Å². The maximum Gasteiger partial charge on any atom is 0.227 e. The zero-order chi connectivity index (χ0) is 22.8. The molecule has 0 spiro atoms. The Bertz CT molecular complexity index is 1110. The third-order valence-electron chi connectivity index (χ3n) is 5.84. The Morgan fingerprint density at radius 1 is 1.19 bits per heavy atom. The van der Waals surface area contributed by atoms with Gasteiger partial charge in [-0.05, 0) is 30.2 Å². The minimum atomic E-state index is -0.458. The van der Waals surface area contributed by atoms with Crippen molar-refractivity contribution in [2.45, 2.75) is 26.3 Å². The van der Waals surface area contributed by atoms with Crippen LogP contribution in [0.2, 0.25) is 0 Å². The molecule has 0 saturated carbocycles. The van der Waals surface area contributed by atoms with E-state index >= 15 is 0 Å². The quantitative estimate of drug-likeness (QED) is 0.591. The molecule has 1 aliphatic rings. The van der Waals surface area contributed by atoms with Crippen LogP contribution in [0.25, 0.3) is 11.0 Å². The van der Waals surface area contributed by atoms with E-state index in [1.807, 2.05) is 38.1 Å². The summed E-state index contributed by atoms with van der Waals surface area (Å²) in [7, 11) is 3.12. The van der Waals surface area contributed by atoms with Crippen LogP contribution in [0.5, 0.6) is 11.5 Å². The average Bonchev–Trinajstić information content (AvgIpc) is 3.40. The molecule has 168 valence electrons. The number of nitrogens with one attached hydrogen (secondary N) is 2. The lowest BCUT2D eigenvalue weighted by molar-refractivity contribution is -0.127. The number of imidazole rings is 1. The number of aromatic nitrogens is 2. The lowest BCUT2D eigenvalue weighted by Gasteiger charge is -2.23. The highest BCUT2D eigenvalue weighted by Gasteiger charge is 2.37. The number of hydrogen-bond donors (Lipinski definition) is 2. The van der Waals surface area contributed by atoms with E-state index in [4.69, 9.17) is 9.47 Å². The van der Waals surface area contributed by atoms with Crippen LogP contribution >= 0.6 is 0 Å². The smallest absolute Gasteiger partial charge is 0.227 e. The molecule has 1 aliphatic heterocycles. The largest absolute Gasteiger partial charge is 0.497 e. The van der Waals surface area contributed by atoms with E-state index in [-0.39, 0.29) is 36.7 Å². The Balaban J connectivity index is 1.51.